The van der Waals surface area contributed by atoms with Crippen molar-refractivity contribution in [1.82, 2.24) is 10.3 Å². The maximum atomic E-state index is 12.1. The van der Waals surface area contributed by atoms with E-state index < -0.39 is 15.9 Å². The highest BCUT2D eigenvalue weighted by Crippen LogP contribution is 2.22. The molecule has 0 aliphatic carbocycles. The Hall–Kier alpha value is -2.09. The number of carbonyl (C=O) groups excluding carboxylic acids is 1. The Morgan fingerprint density at radius 2 is 1.83 bits per heavy atom. The van der Waals surface area contributed by atoms with Gasteiger partial charge in [0, 0.05) is 0 Å². The first kappa shape index (κ1) is 18.3. The zero-order chi connectivity index (χ0) is 17.7. The van der Waals surface area contributed by atoms with Gasteiger partial charge in [-0.25, -0.2) is 8.42 Å². The maximum Gasteiger partial charge on any atom is 0.272 e. The van der Waals surface area contributed by atoms with Gasteiger partial charge >= 0.3 is 0 Å². The Kier molecular flexibility index (Phi) is 5.82. The molecule has 2 aromatic carbocycles. The van der Waals surface area contributed by atoms with E-state index in [0.717, 1.165) is 11.1 Å². The van der Waals surface area contributed by atoms with Crippen LogP contribution in [0.1, 0.15) is 11.1 Å². The van der Waals surface area contributed by atoms with E-state index in [1.807, 2.05) is 18.7 Å². The Bertz CT molecular complexity index is 853. The third-order valence-corrected chi connectivity index (χ3v) is 4.87. The number of ether oxygens (including phenoxy) is 1. The Balaban J connectivity index is 1.93. The largest absolute Gasteiger partial charge is 0.482 e. The van der Waals surface area contributed by atoms with E-state index in [1.165, 1.54) is 12.1 Å². The Labute approximate surface area is 145 Å². The first-order valence-corrected chi connectivity index (χ1v) is 8.91. The summed E-state index contributed by atoms with van der Waals surface area (Å²) in [5.74, 6) is -0.311. The van der Waals surface area contributed by atoms with Crippen molar-refractivity contribution in [3.63, 3.8) is 0 Å². The minimum Gasteiger partial charge on any atom is -0.482 e. The summed E-state index contributed by atoms with van der Waals surface area (Å²) in [6.07, 6.45) is 0. The van der Waals surface area contributed by atoms with E-state index in [9.17, 15) is 13.2 Å². The molecule has 0 saturated carbocycles. The SMILES string of the molecule is Cc1ccc(S(=O)(=O)NNC(=O)COc2ccccc2Cl)cc1C. The van der Waals surface area contributed by atoms with Gasteiger partial charge in [-0.3, -0.25) is 10.2 Å². The molecular formula is C16H17ClN2O4S. The van der Waals surface area contributed by atoms with Gasteiger partial charge in [-0.1, -0.05) is 29.8 Å². The predicted molar refractivity (Wildman–Crippen MR) is 91.3 cm³/mol. The minimum absolute atomic E-state index is 0.0675. The van der Waals surface area contributed by atoms with E-state index in [2.05, 4.69) is 5.43 Å². The standard InChI is InChI=1S/C16H17ClN2O4S/c1-11-7-8-13(9-12(11)2)24(21,22)19-18-16(20)10-23-15-6-4-3-5-14(15)17/h3-9,19H,10H2,1-2H3,(H,18,20). The lowest BCUT2D eigenvalue weighted by Gasteiger charge is -2.11. The normalized spacial score (nSPS) is 11.1. The number of rotatable bonds is 6. The quantitative estimate of drug-likeness (QED) is 0.766. The lowest BCUT2D eigenvalue weighted by molar-refractivity contribution is -0.123. The smallest absolute Gasteiger partial charge is 0.272 e. The van der Waals surface area contributed by atoms with Crippen LogP contribution >= 0.6 is 11.6 Å². The monoisotopic (exact) mass is 368 g/mol. The molecule has 8 heteroatoms. The molecule has 2 rings (SSSR count). The number of sulfonamides is 1. The number of para-hydroxylation sites is 1. The number of hydrogen-bond acceptors (Lipinski definition) is 4. The van der Waals surface area contributed by atoms with Gasteiger partial charge in [0.2, 0.25) is 0 Å². The molecule has 24 heavy (non-hydrogen) atoms. The molecule has 0 aromatic heterocycles. The number of hydrazine groups is 1. The Morgan fingerprint density at radius 3 is 2.50 bits per heavy atom. The second-order valence-electron chi connectivity index (χ2n) is 5.12. The van der Waals surface area contributed by atoms with Gasteiger partial charge in [0.25, 0.3) is 15.9 Å². The van der Waals surface area contributed by atoms with E-state index in [4.69, 9.17) is 16.3 Å². The maximum absolute atomic E-state index is 12.1. The summed E-state index contributed by atoms with van der Waals surface area (Å²) in [6.45, 7) is 3.32. The van der Waals surface area contributed by atoms with Gasteiger partial charge in [0.15, 0.2) is 6.61 Å². The highest BCUT2D eigenvalue weighted by Gasteiger charge is 2.16. The summed E-state index contributed by atoms with van der Waals surface area (Å²) in [4.78, 5) is 13.8. The van der Waals surface area contributed by atoms with Crippen LogP contribution in [0.5, 0.6) is 5.75 Å². The molecule has 0 aliphatic heterocycles. The van der Waals surface area contributed by atoms with Crippen LogP contribution in [-0.2, 0) is 14.8 Å². The van der Waals surface area contributed by atoms with Crippen molar-refractivity contribution in [3.8, 4) is 5.75 Å². The third kappa shape index (κ3) is 4.70. The minimum atomic E-state index is -3.85. The van der Waals surface area contributed by atoms with Crippen molar-refractivity contribution in [2.45, 2.75) is 18.7 Å². The summed E-state index contributed by atoms with van der Waals surface area (Å²) >= 11 is 5.90. The van der Waals surface area contributed by atoms with Gasteiger partial charge in [0.05, 0.1) is 9.92 Å². The summed E-state index contributed by atoms with van der Waals surface area (Å²) in [5, 5.41) is 0.362. The van der Waals surface area contributed by atoms with Crippen molar-refractivity contribution in [1.29, 1.82) is 0 Å². The third-order valence-electron chi connectivity index (χ3n) is 3.31. The van der Waals surface area contributed by atoms with Crippen molar-refractivity contribution in [2.24, 2.45) is 0 Å². The lowest BCUT2D eigenvalue weighted by Crippen LogP contribution is -2.43. The molecule has 0 radical (unpaired) electrons. The summed E-state index contributed by atoms with van der Waals surface area (Å²) in [5.41, 5.74) is 3.92. The molecule has 0 saturated heterocycles. The van der Waals surface area contributed by atoms with Crippen molar-refractivity contribution < 1.29 is 17.9 Å². The van der Waals surface area contributed by atoms with Crippen LogP contribution in [0.3, 0.4) is 0 Å². The fourth-order valence-corrected chi connectivity index (χ4v) is 2.94. The highest BCUT2D eigenvalue weighted by atomic mass is 35.5. The second kappa shape index (κ2) is 7.65. The number of carbonyl (C=O) groups is 1. The molecule has 6 nitrogen and oxygen atoms in total. The van der Waals surface area contributed by atoms with Gasteiger partial charge in [-0.2, -0.15) is 0 Å². The summed E-state index contributed by atoms with van der Waals surface area (Å²) in [6, 6.07) is 11.4. The van der Waals surface area contributed by atoms with E-state index in [-0.39, 0.29) is 11.5 Å². The average Bonchev–Trinajstić information content (AvgIpc) is 2.54. The van der Waals surface area contributed by atoms with Gasteiger partial charge in [0.1, 0.15) is 5.75 Å². The predicted octanol–water partition coefficient (Wildman–Crippen LogP) is 2.35. The van der Waals surface area contributed by atoms with Crippen LogP contribution in [0.4, 0.5) is 0 Å². The van der Waals surface area contributed by atoms with Gasteiger partial charge < -0.3 is 4.74 Å². The van der Waals surface area contributed by atoms with E-state index >= 15 is 0 Å². The molecule has 0 bridgehead atoms. The van der Waals surface area contributed by atoms with Crippen molar-refractivity contribution in [3.05, 3.63) is 58.6 Å². The molecule has 0 atom stereocenters. The molecule has 0 spiro atoms. The fourth-order valence-electron chi connectivity index (χ4n) is 1.81. The van der Waals surface area contributed by atoms with E-state index in [1.54, 1.807) is 30.3 Å². The van der Waals surface area contributed by atoms with Crippen LogP contribution in [0.15, 0.2) is 47.4 Å². The van der Waals surface area contributed by atoms with Crippen LogP contribution in [0, 0.1) is 13.8 Å². The van der Waals surface area contributed by atoms with Crippen molar-refractivity contribution >= 4 is 27.5 Å². The number of aryl methyl sites for hydroxylation is 2. The number of benzene rings is 2. The van der Waals surface area contributed by atoms with Crippen molar-refractivity contribution in [2.75, 3.05) is 6.61 Å². The van der Waals surface area contributed by atoms with Crippen LogP contribution in [0.2, 0.25) is 5.02 Å². The molecule has 2 N–H and O–H groups in total. The topological polar surface area (TPSA) is 84.5 Å². The Morgan fingerprint density at radius 1 is 1.12 bits per heavy atom. The lowest BCUT2D eigenvalue weighted by atomic mass is 10.1. The zero-order valence-corrected chi connectivity index (χ0v) is 14.7. The van der Waals surface area contributed by atoms with Gasteiger partial charge in [-0.15, -0.1) is 4.83 Å². The number of nitrogens with one attached hydrogen (secondary N) is 2. The summed E-state index contributed by atoms with van der Waals surface area (Å²) < 4.78 is 29.5. The second-order valence-corrected chi connectivity index (χ2v) is 7.21. The van der Waals surface area contributed by atoms with Crippen LogP contribution in [-0.4, -0.2) is 20.9 Å². The molecule has 0 fully saturated rings. The first-order valence-electron chi connectivity index (χ1n) is 7.05. The average molecular weight is 369 g/mol. The highest BCUT2D eigenvalue weighted by molar-refractivity contribution is 7.89. The first-order chi connectivity index (χ1) is 11.3. The molecule has 0 heterocycles. The van der Waals surface area contributed by atoms with Crippen LogP contribution in [0.25, 0.3) is 0 Å². The zero-order valence-electron chi connectivity index (χ0n) is 13.2. The number of halogens is 1. The molecule has 0 aliphatic rings. The summed E-state index contributed by atoms with van der Waals surface area (Å²) in [7, 11) is -3.85. The molecule has 128 valence electrons. The van der Waals surface area contributed by atoms with Crippen LogP contribution < -0.4 is 15.0 Å². The number of hydrogen-bond donors (Lipinski definition) is 2. The fraction of sp³-hybridized carbons (Fsp3) is 0.188. The van der Waals surface area contributed by atoms with Gasteiger partial charge in [-0.05, 0) is 49.2 Å². The van der Waals surface area contributed by atoms with E-state index in [0.29, 0.717) is 10.8 Å². The molecular weight excluding hydrogens is 352 g/mol. The molecule has 1 amide bonds. The molecule has 0 unspecified atom stereocenters. The number of amides is 1. The molecule has 2 aromatic rings.